The van der Waals surface area contributed by atoms with Gasteiger partial charge in [-0.15, -0.1) is 0 Å². The van der Waals surface area contributed by atoms with Crippen molar-refractivity contribution < 1.29 is 22.8 Å². The van der Waals surface area contributed by atoms with Gasteiger partial charge >= 0.3 is 6.18 Å². The molecule has 0 bridgehead atoms. The Morgan fingerprint density at radius 1 is 1.22 bits per heavy atom. The van der Waals surface area contributed by atoms with Crippen molar-refractivity contribution in [2.75, 3.05) is 5.32 Å². The number of aryl methyl sites for hydroxylation is 1. The first-order valence-electron chi connectivity index (χ1n) is 5.16. The standard InChI is InChI=1S/C9H9NO2.C3H5F3/c1-7-2-8(5-11)4-9(3-7)10-6-12;1-2-3(4,5)6/h2-6H,1H3,(H,10,12);2H2,1H3. The predicted molar refractivity (Wildman–Crippen MR) is 62.6 cm³/mol. The molecule has 0 atom stereocenters. The molecule has 0 aromatic heterocycles. The molecule has 0 radical (unpaired) electrons. The Kier molecular flexibility index (Phi) is 6.70. The number of anilines is 1. The highest BCUT2D eigenvalue weighted by Crippen LogP contribution is 2.17. The van der Waals surface area contributed by atoms with Crippen LogP contribution in [0, 0.1) is 6.92 Å². The number of amides is 1. The van der Waals surface area contributed by atoms with Crippen molar-refractivity contribution in [1.82, 2.24) is 0 Å². The predicted octanol–water partition coefficient (Wildman–Crippen LogP) is 3.33. The highest BCUT2D eigenvalue weighted by molar-refractivity contribution is 5.80. The molecule has 1 aromatic carbocycles. The number of benzene rings is 1. The van der Waals surface area contributed by atoms with E-state index in [1.54, 1.807) is 18.2 Å². The van der Waals surface area contributed by atoms with Crippen molar-refractivity contribution >= 4 is 18.4 Å². The van der Waals surface area contributed by atoms with E-state index in [9.17, 15) is 22.8 Å². The van der Waals surface area contributed by atoms with Crippen LogP contribution in [0.4, 0.5) is 18.9 Å². The third-order valence-corrected chi connectivity index (χ3v) is 1.86. The van der Waals surface area contributed by atoms with Crippen molar-refractivity contribution in [2.24, 2.45) is 0 Å². The lowest BCUT2D eigenvalue weighted by Crippen LogP contribution is -2.02. The molecule has 6 heteroatoms. The van der Waals surface area contributed by atoms with Gasteiger partial charge in [0.15, 0.2) is 0 Å². The van der Waals surface area contributed by atoms with E-state index in [-0.39, 0.29) is 0 Å². The molecule has 1 N–H and O–H groups in total. The smallest absolute Gasteiger partial charge is 0.329 e. The van der Waals surface area contributed by atoms with Crippen LogP contribution in [0.15, 0.2) is 18.2 Å². The van der Waals surface area contributed by atoms with Crippen molar-refractivity contribution in [3.05, 3.63) is 29.3 Å². The lowest BCUT2D eigenvalue weighted by Gasteiger charge is -2.00. The Hall–Kier alpha value is -1.85. The fraction of sp³-hybridized carbons (Fsp3) is 0.333. The van der Waals surface area contributed by atoms with Crippen molar-refractivity contribution in [1.29, 1.82) is 0 Å². The molecule has 1 aromatic rings. The van der Waals surface area contributed by atoms with Gasteiger partial charge in [0.05, 0.1) is 0 Å². The molecule has 0 saturated carbocycles. The summed E-state index contributed by atoms with van der Waals surface area (Å²) < 4.78 is 32.4. The van der Waals surface area contributed by atoms with Gasteiger partial charge in [-0.05, 0) is 30.7 Å². The van der Waals surface area contributed by atoms with Gasteiger partial charge in [0, 0.05) is 17.7 Å². The second kappa shape index (κ2) is 7.47. The zero-order chi connectivity index (χ0) is 14.2. The summed E-state index contributed by atoms with van der Waals surface area (Å²) >= 11 is 0. The molecule has 0 aliphatic carbocycles. The highest BCUT2D eigenvalue weighted by atomic mass is 19.4. The van der Waals surface area contributed by atoms with Crippen LogP contribution in [0.2, 0.25) is 0 Å². The van der Waals surface area contributed by atoms with Crippen LogP contribution < -0.4 is 5.32 Å². The normalized spacial score (nSPS) is 10.1. The monoisotopic (exact) mass is 261 g/mol. The second-order valence-corrected chi connectivity index (χ2v) is 3.48. The number of rotatable bonds is 3. The highest BCUT2D eigenvalue weighted by Gasteiger charge is 2.22. The summed E-state index contributed by atoms with van der Waals surface area (Å²) in [5.74, 6) is 0. The maximum Gasteiger partial charge on any atom is 0.388 e. The number of carbonyl (C=O) groups is 2. The van der Waals surface area contributed by atoms with Crippen LogP contribution in [-0.4, -0.2) is 18.9 Å². The van der Waals surface area contributed by atoms with Crippen LogP contribution in [0.3, 0.4) is 0 Å². The number of hydrogen-bond acceptors (Lipinski definition) is 2. The minimum Gasteiger partial charge on any atom is -0.329 e. The van der Waals surface area contributed by atoms with Crippen molar-refractivity contribution in [3.8, 4) is 0 Å². The third-order valence-electron chi connectivity index (χ3n) is 1.86. The minimum atomic E-state index is -3.96. The van der Waals surface area contributed by atoms with E-state index in [1.807, 2.05) is 6.92 Å². The molecule has 0 saturated heterocycles. The first-order valence-corrected chi connectivity index (χ1v) is 5.16. The van der Waals surface area contributed by atoms with E-state index in [0.717, 1.165) is 18.8 Å². The fourth-order valence-corrected chi connectivity index (χ4v) is 1.03. The SMILES string of the molecule is CCC(F)(F)F.Cc1cc(C=O)cc(NC=O)c1. The molecule has 1 rings (SSSR count). The maximum absolute atomic E-state index is 10.8. The third kappa shape index (κ3) is 7.43. The molecule has 3 nitrogen and oxygen atoms in total. The number of halogens is 3. The summed E-state index contributed by atoms with van der Waals surface area (Å²) in [6, 6.07) is 5.17. The average Bonchev–Trinajstić information content (AvgIpc) is 2.28. The van der Waals surface area contributed by atoms with Gasteiger partial charge in [-0.3, -0.25) is 9.59 Å². The van der Waals surface area contributed by atoms with E-state index in [4.69, 9.17) is 0 Å². The van der Waals surface area contributed by atoms with E-state index < -0.39 is 12.6 Å². The van der Waals surface area contributed by atoms with Crippen molar-refractivity contribution in [3.63, 3.8) is 0 Å². The second-order valence-electron chi connectivity index (χ2n) is 3.48. The number of nitrogens with one attached hydrogen (secondary N) is 1. The Labute approximate surface area is 103 Å². The first kappa shape index (κ1) is 16.1. The fourth-order valence-electron chi connectivity index (χ4n) is 1.03. The van der Waals surface area contributed by atoms with E-state index in [2.05, 4.69) is 5.32 Å². The van der Waals surface area contributed by atoms with Gasteiger partial charge in [-0.2, -0.15) is 13.2 Å². The summed E-state index contributed by atoms with van der Waals surface area (Å²) in [4.78, 5) is 20.5. The summed E-state index contributed by atoms with van der Waals surface area (Å²) in [6.07, 6.45) is -3.35. The van der Waals surface area contributed by atoms with Crippen LogP contribution in [0.1, 0.15) is 29.3 Å². The molecule has 0 aliphatic heterocycles. The quantitative estimate of drug-likeness (QED) is 0.848. The Bertz CT molecular complexity index is 403. The summed E-state index contributed by atoms with van der Waals surface area (Å²) in [6.45, 7) is 2.95. The summed E-state index contributed by atoms with van der Waals surface area (Å²) in [5, 5.41) is 2.48. The molecule has 0 spiro atoms. The molecule has 0 fully saturated rings. The lowest BCUT2D eigenvalue weighted by molar-refractivity contribution is -0.130. The van der Waals surface area contributed by atoms with Gasteiger partial charge < -0.3 is 5.32 Å². The zero-order valence-electron chi connectivity index (χ0n) is 10.0. The number of hydrogen-bond donors (Lipinski definition) is 1. The molecule has 0 heterocycles. The minimum absolute atomic E-state index is 0.569. The first-order chi connectivity index (χ1) is 8.32. The Balaban J connectivity index is 0.000000411. The van der Waals surface area contributed by atoms with Crippen LogP contribution in [0.25, 0.3) is 0 Å². The van der Waals surface area contributed by atoms with Crippen molar-refractivity contribution in [2.45, 2.75) is 26.4 Å². The van der Waals surface area contributed by atoms with E-state index >= 15 is 0 Å². The van der Waals surface area contributed by atoms with Gasteiger partial charge in [-0.25, -0.2) is 0 Å². The Morgan fingerprint density at radius 3 is 2.17 bits per heavy atom. The Morgan fingerprint density at radius 2 is 1.78 bits per heavy atom. The zero-order valence-corrected chi connectivity index (χ0v) is 10.0. The number of carbonyl (C=O) groups excluding carboxylic acids is 2. The summed E-state index contributed by atoms with van der Waals surface area (Å²) in [7, 11) is 0. The van der Waals surface area contributed by atoms with Crippen LogP contribution in [-0.2, 0) is 4.79 Å². The van der Waals surface area contributed by atoms with Crippen LogP contribution in [0.5, 0.6) is 0 Å². The molecule has 100 valence electrons. The topological polar surface area (TPSA) is 46.2 Å². The number of alkyl halides is 3. The molecule has 0 aliphatic rings. The average molecular weight is 261 g/mol. The van der Waals surface area contributed by atoms with Gasteiger partial charge in [0.1, 0.15) is 6.29 Å². The number of aldehydes is 1. The van der Waals surface area contributed by atoms with E-state index in [0.29, 0.717) is 17.7 Å². The maximum atomic E-state index is 10.8. The van der Waals surface area contributed by atoms with Crippen LogP contribution >= 0.6 is 0 Å². The molecule has 1 amide bonds. The molecule has 18 heavy (non-hydrogen) atoms. The van der Waals surface area contributed by atoms with Gasteiger partial charge in [-0.1, -0.05) is 6.92 Å². The largest absolute Gasteiger partial charge is 0.388 e. The molecule has 0 unspecified atom stereocenters. The lowest BCUT2D eigenvalue weighted by atomic mass is 10.1. The van der Waals surface area contributed by atoms with Gasteiger partial charge in [0.2, 0.25) is 6.41 Å². The summed E-state index contributed by atoms with van der Waals surface area (Å²) in [5.41, 5.74) is 2.16. The molecular formula is C12H14F3NO2. The van der Waals surface area contributed by atoms with E-state index in [1.165, 1.54) is 0 Å². The molecular weight excluding hydrogens is 247 g/mol. The van der Waals surface area contributed by atoms with Gasteiger partial charge in [0.25, 0.3) is 0 Å².